The van der Waals surface area contributed by atoms with E-state index in [0.29, 0.717) is 0 Å². The van der Waals surface area contributed by atoms with Gasteiger partial charge < -0.3 is 5.32 Å². The van der Waals surface area contributed by atoms with Crippen LogP contribution in [0.25, 0.3) is 11.3 Å². The number of nitrogens with zero attached hydrogens (tertiary/aromatic N) is 1. The number of hydrogen-bond donors (Lipinski definition) is 1. The Morgan fingerprint density at radius 3 is 2.68 bits per heavy atom. The molecule has 1 N–H and O–H groups in total. The first-order chi connectivity index (χ1) is 8.85. The molecule has 0 spiro atoms. The van der Waals surface area contributed by atoms with Crippen molar-refractivity contribution in [1.29, 1.82) is 0 Å². The van der Waals surface area contributed by atoms with Crippen LogP contribution in [0.4, 0.5) is 4.39 Å². The number of nitrogens with one attached hydrogen (secondary N) is 1. The van der Waals surface area contributed by atoms with E-state index in [-0.39, 0.29) is 11.4 Å². The van der Waals surface area contributed by atoms with Crippen LogP contribution in [-0.4, -0.2) is 10.5 Å². The van der Waals surface area contributed by atoms with Gasteiger partial charge in [0.25, 0.3) is 0 Å². The van der Waals surface area contributed by atoms with E-state index in [9.17, 15) is 4.39 Å². The summed E-state index contributed by atoms with van der Waals surface area (Å²) in [4.78, 5) is 5.74. The predicted molar refractivity (Wildman–Crippen MR) is 78.8 cm³/mol. The molecule has 0 aliphatic carbocycles. The smallest absolute Gasteiger partial charge is 0.123 e. The van der Waals surface area contributed by atoms with Crippen LogP contribution >= 0.6 is 11.3 Å². The monoisotopic (exact) mass is 278 g/mol. The van der Waals surface area contributed by atoms with Crippen molar-refractivity contribution in [3.8, 4) is 11.3 Å². The Balaban J connectivity index is 2.22. The largest absolute Gasteiger partial charge is 0.306 e. The summed E-state index contributed by atoms with van der Waals surface area (Å²) in [5, 5.41) is 4.45. The van der Waals surface area contributed by atoms with Crippen LogP contribution in [0, 0.1) is 12.7 Å². The molecular formula is C15H19FN2S. The fourth-order valence-corrected chi connectivity index (χ4v) is 2.67. The van der Waals surface area contributed by atoms with Crippen molar-refractivity contribution >= 4 is 11.3 Å². The molecule has 0 saturated heterocycles. The summed E-state index contributed by atoms with van der Waals surface area (Å²) in [5.74, 6) is -0.223. The summed E-state index contributed by atoms with van der Waals surface area (Å²) in [5.41, 5.74) is 1.80. The highest BCUT2D eigenvalue weighted by molar-refractivity contribution is 7.12. The molecule has 1 aromatic carbocycles. The molecule has 0 fully saturated rings. The van der Waals surface area contributed by atoms with Gasteiger partial charge in [-0.1, -0.05) is 12.1 Å². The number of aryl methyl sites for hydroxylation is 1. The SMILES string of the molecule is Cc1sc(CNC(C)(C)C)nc1-c1cccc(F)c1. The van der Waals surface area contributed by atoms with Crippen molar-refractivity contribution in [2.75, 3.05) is 0 Å². The van der Waals surface area contributed by atoms with Crippen LogP contribution < -0.4 is 5.32 Å². The fraction of sp³-hybridized carbons (Fsp3) is 0.400. The molecule has 1 heterocycles. The third kappa shape index (κ3) is 3.85. The van der Waals surface area contributed by atoms with E-state index in [1.165, 1.54) is 12.1 Å². The number of thiazole rings is 1. The molecule has 0 bridgehead atoms. The van der Waals surface area contributed by atoms with Gasteiger partial charge in [0, 0.05) is 22.5 Å². The van der Waals surface area contributed by atoms with Gasteiger partial charge in [-0.15, -0.1) is 11.3 Å². The first kappa shape index (κ1) is 14.2. The van der Waals surface area contributed by atoms with E-state index < -0.39 is 0 Å². The first-order valence-corrected chi connectivity index (χ1v) is 7.14. The van der Waals surface area contributed by atoms with Gasteiger partial charge in [-0.2, -0.15) is 0 Å². The number of hydrogen-bond acceptors (Lipinski definition) is 3. The Morgan fingerprint density at radius 1 is 1.32 bits per heavy atom. The van der Waals surface area contributed by atoms with E-state index in [1.807, 2.05) is 13.0 Å². The van der Waals surface area contributed by atoms with Crippen molar-refractivity contribution in [3.05, 3.63) is 40.0 Å². The second-order valence-corrected chi connectivity index (χ2v) is 6.91. The minimum atomic E-state index is -0.223. The van der Waals surface area contributed by atoms with E-state index in [2.05, 4.69) is 31.1 Å². The summed E-state index contributed by atoms with van der Waals surface area (Å²) in [6.45, 7) is 9.14. The lowest BCUT2D eigenvalue weighted by Crippen LogP contribution is -2.34. The second-order valence-electron chi connectivity index (χ2n) is 5.63. The van der Waals surface area contributed by atoms with Crippen LogP contribution in [0.3, 0.4) is 0 Å². The van der Waals surface area contributed by atoms with Gasteiger partial charge in [0.15, 0.2) is 0 Å². The number of benzene rings is 1. The Bertz CT molecular complexity index is 570. The molecule has 0 aliphatic rings. The predicted octanol–water partition coefficient (Wildman–Crippen LogP) is 4.15. The molecule has 4 heteroatoms. The minimum absolute atomic E-state index is 0.0680. The van der Waals surface area contributed by atoms with E-state index in [4.69, 9.17) is 0 Å². The molecule has 0 aliphatic heterocycles. The molecule has 19 heavy (non-hydrogen) atoms. The van der Waals surface area contributed by atoms with Crippen molar-refractivity contribution in [3.63, 3.8) is 0 Å². The third-order valence-electron chi connectivity index (χ3n) is 2.71. The Hall–Kier alpha value is -1.26. The lowest BCUT2D eigenvalue weighted by atomic mass is 10.1. The molecule has 1 aromatic heterocycles. The van der Waals surface area contributed by atoms with Gasteiger partial charge in [-0.05, 0) is 39.8 Å². The van der Waals surface area contributed by atoms with Gasteiger partial charge >= 0.3 is 0 Å². The maximum Gasteiger partial charge on any atom is 0.123 e. The summed E-state index contributed by atoms with van der Waals surface area (Å²) in [6.07, 6.45) is 0. The highest BCUT2D eigenvalue weighted by Crippen LogP contribution is 2.28. The molecule has 2 nitrogen and oxygen atoms in total. The minimum Gasteiger partial charge on any atom is -0.306 e. The molecule has 0 radical (unpaired) electrons. The highest BCUT2D eigenvalue weighted by atomic mass is 32.1. The average molecular weight is 278 g/mol. The molecule has 2 rings (SSSR count). The van der Waals surface area contributed by atoms with E-state index in [1.54, 1.807) is 17.4 Å². The Labute approximate surface area is 117 Å². The molecular weight excluding hydrogens is 259 g/mol. The average Bonchev–Trinajstić information content (AvgIpc) is 2.67. The summed E-state index contributed by atoms with van der Waals surface area (Å²) in [6, 6.07) is 6.60. The van der Waals surface area contributed by atoms with Gasteiger partial charge in [0.2, 0.25) is 0 Å². The van der Waals surface area contributed by atoms with Gasteiger partial charge in [0.1, 0.15) is 10.8 Å². The molecule has 0 saturated carbocycles. The zero-order valence-corrected chi connectivity index (χ0v) is 12.6. The molecule has 102 valence electrons. The molecule has 0 unspecified atom stereocenters. The standard InChI is InChI=1S/C15H19FN2S/c1-10-14(11-6-5-7-12(16)8-11)18-13(19-10)9-17-15(2,3)4/h5-8,17H,9H2,1-4H3. The lowest BCUT2D eigenvalue weighted by molar-refractivity contribution is 0.424. The topological polar surface area (TPSA) is 24.9 Å². The van der Waals surface area contributed by atoms with Gasteiger partial charge in [-0.25, -0.2) is 9.37 Å². The number of rotatable bonds is 3. The summed E-state index contributed by atoms with van der Waals surface area (Å²) in [7, 11) is 0. The zero-order chi connectivity index (χ0) is 14.0. The third-order valence-corrected chi connectivity index (χ3v) is 3.68. The normalized spacial score (nSPS) is 11.8. The first-order valence-electron chi connectivity index (χ1n) is 6.32. The van der Waals surface area contributed by atoms with Crippen LogP contribution in [0.5, 0.6) is 0 Å². The Kier molecular flexibility index (Phi) is 4.02. The van der Waals surface area contributed by atoms with Crippen LogP contribution in [0.1, 0.15) is 30.7 Å². The van der Waals surface area contributed by atoms with E-state index in [0.717, 1.165) is 27.7 Å². The van der Waals surface area contributed by atoms with Gasteiger partial charge in [-0.3, -0.25) is 0 Å². The zero-order valence-electron chi connectivity index (χ0n) is 11.7. The van der Waals surface area contributed by atoms with Crippen LogP contribution in [-0.2, 0) is 6.54 Å². The maximum absolute atomic E-state index is 13.3. The fourth-order valence-electron chi connectivity index (χ4n) is 1.77. The quantitative estimate of drug-likeness (QED) is 0.912. The van der Waals surface area contributed by atoms with Crippen LogP contribution in [0.2, 0.25) is 0 Å². The van der Waals surface area contributed by atoms with Crippen LogP contribution in [0.15, 0.2) is 24.3 Å². The summed E-state index contributed by atoms with van der Waals surface area (Å²) < 4.78 is 13.3. The van der Waals surface area contributed by atoms with Crippen molar-refractivity contribution in [2.45, 2.75) is 39.8 Å². The van der Waals surface area contributed by atoms with Gasteiger partial charge in [0.05, 0.1) is 5.69 Å². The highest BCUT2D eigenvalue weighted by Gasteiger charge is 2.13. The Morgan fingerprint density at radius 2 is 2.05 bits per heavy atom. The van der Waals surface area contributed by atoms with E-state index >= 15 is 0 Å². The number of halogens is 1. The summed E-state index contributed by atoms with van der Waals surface area (Å²) >= 11 is 1.66. The van der Waals surface area contributed by atoms with Crippen molar-refractivity contribution in [1.82, 2.24) is 10.3 Å². The number of aromatic nitrogens is 1. The lowest BCUT2D eigenvalue weighted by Gasteiger charge is -2.19. The van der Waals surface area contributed by atoms with Crippen molar-refractivity contribution < 1.29 is 4.39 Å². The molecule has 0 amide bonds. The molecule has 2 aromatic rings. The van der Waals surface area contributed by atoms with Crippen molar-refractivity contribution in [2.24, 2.45) is 0 Å². The maximum atomic E-state index is 13.3. The second kappa shape index (κ2) is 5.39. The molecule has 0 atom stereocenters.